The van der Waals surface area contributed by atoms with Crippen LogP contribution in [0, 0.1) is 0 Å². The highest BCUT2D eigenvalue weighted by Gasteiger charge is 2.18. The van der Waals surface area contributed by atoms with Crippen molar-refractivity contribution in [2.24, 2.45) is 0 Å². The van der Waals surface area contributed by atoms with E-state index in [-0.39, 0.29) is 23.3 Å². The molecule has 2 rings (SSSR count). The predicted octanol–water partition coefficient (Wildman–Crippen LogP) is 0.590. The second-order valence-electron chi connectivity index (χ2n) is 4.32. The van der Waals surface area contributed by atoms with Gasteiger partial charge in [0.2, 0.25) is 0 Å². The van der Waals surface area contributed by atoms with Crippen LogP contribution in [0.2, 0.25) is 0 Å². The predicted molar refractivity (Wildman–Crippen MR) is 71.2 cm³/mol. The third kappa shape index (κ3) is 3.16. The van der Waals surface area contributed by atoms with E-state index in [0.717, 1.165) is 0 Å². The molecule has 0 saturated carbocycles. The monoisotopic (exact) mass is 274 g/mol. The van der Waals surface area contributed by atoms with Gasteiger partial charge in [-0.2, -0.15) is 5.10 Å². The van der Waals surface area contributed by atoms with E-state index in [1.54, 1.807) is 0 Å². The Morgan fingerprint density at radius 1 is 1.25 bits per heavy atom. The summed E-state index contributed by atoms with van der Waals surface area (Å²) in [5.74, 6) is -0.825. The molecule has 0 atom stereocenters. The van der Waals surface area contributed by atoms with Crippen LogP contribution in [0.3, 0.4) is 0 Å². The molecule has 3 N–H and O–H groups in total. The minimum atomic E-state index is -0.460. The molecule has 0 aliphatic heterocycles. The Morgan fingerprint density at radius 3 is 2.70 bits per heavy atom. The topological polar surface area (TPSA) is 113 Å². The number of aromatic amines is 1. The fourth-order valence-electron chi connectivity index (χ4n) is 1.49. The quantitative estimate of drug-likeness (QED) is 0.755. The van der Waals surface area contributed by atoms with Crippen LogP contribution in [0.4, 0.5) is 5.69 Å². The van der Waals surface area contributed by atoms with Crippen molar-refractivity contribution in [2.45, 2.75) is 19.9 Å². The number of amides is 2. The smallest absolute Gasteiger partial charge is 0.275 e. The first-order valence-corrected chi connectivity index (χ1v) is 6.00. The van der Waals surface area contributed by atoms with Gasteiger partial charge < -0.3 is 10.6 Å². The fraction of sp³-hybridized carbons (Fsp3) is 0.250. The molecule has 0 aromatic carbocycles. The van der Waals surface area contributed by atoms with Crippen LogP contribution in [0.15, 0.2) is 24.8 Å². The maximum Gasteiger partial charge on any atom is 0.275 e. The van der Waals surface area contributed by atoms with Crippen LogP contribution in [-0.2, 0) is 0 Å². The molecule has 2 aromatic heterocycles. The lowest BCUT2D eigenvalue weighted by molar-refractivity contribution is 0.0939. The summed E-state index contributed by atoms with van der Waals surface area (Å²) in [5, 5.41) is 11.6. The summed E-state index contributed by atoms with van der Waals surface area (Å²) in [6.07, 6.45) is 5.65. The lowest BCUT2D eigenvalue weighted by Gasteiger charge is -2.08. The van der Waals surface area contributed by atoms with E-state index in [0.29, 0.717) is 5.69 Å². The number of rotatable bonds is 4. The number of H-pyrrole nitrogens is 1. The zero-order valence-electron chi connectivity index (χ0n) is 11.0. The van der Waals surface area contributed by atoms with E-state index in [4.69, 9.17) is 0 Å². The standard InChI is InChI=1S/C12H14N6O2/c1-7(2)16-12(20)10-8(6-15-18-10)17-11(19)9-5-13-3-4-14-9/h3-7H,1-2H3,(H,15,18)(H,16,20)(H,17,19). The lowest BCUT2D eigenvalue weighted by Crippen LogP contribution is -2.31. The van der Waals surface area contributed by atoms with Crippen molar-refractivity contribution in [3.8, 4) is 0 Å². The second kappa shape index (κ2) is 5.91. The van der Waals surface area contributed by atoms with Crippen LogP contribution in [0.1, 0.15) is 34.8 Å². The van der Waals surface area contributed by atoms with Crippen LogP contribution in [-0.4, -0.2) is 38.0 Å². The zero-order valence-corrected chi connectivity index (χ0v) is 11.0. The van der Waals surface area contributed by atoms with Gasteiger partial charge in [-0.1, -0.05) is 0 Å². The van der Waals surface area contributed by atoms with Gasteiger partial charge in [0, 0.05) is 24.6 Å². The molecule has 0 radical (unpaired) electrons. The van der Waals surface area contributed by atoms with Crippen molar-refractivity contribution >= 4 is 17.5 Å². The third-order valence-corrected chi connectivity index (χ3v) is 2.32. The molecule has 0 spiro atoms. The number of carbonyl (C=O) groups is 2. The molecule has 2 heterocycles. The highest BCUT2D eigenvalue weighted by Crippen LogP contribution is 2.12. The minimum Gasteiger partial charge on any atom is -0.348 e. The Hall–Kier alpha value is -2.77. The molecule has 8 heteroatoms. The third-order valence-electron chi connectivity index (χ3n) is 2.32. The average molecular weight is 274 g/mol. The molecule has 2 aromatic rings. The van der Waals surface area contributed by atoms with Crippen LogP contribution in [0.5, 0.6) is 0 Å². The van der Waals surface area contributed by atoms with Crippen LogP contribution >= 0.6 is 0 Å². The molecule has 0 unspecified atom stereocenters. The fourth-order valence-corrected chi connectivity index (χ4v) is 1.49. The molecule has 0 aliphatic carbocycles. The molecular weight excluding hydrogens is 260 g/mol. The summed E-state index contributed by atoms with van der Waals surface area (Å²) >= 11 is 0. The summed E-state index contributed by atoms with van der Waals surface area (Å²) in [6, 6.07) is -0.0252. The zero-order chi connectivity index (χ0) is 14.5. The molecule has 0 bridgehead atoms. The van der Waals surface area contributed by atoms with Crippen LogP contribution < -0.4 is 10.6 Å². The maximum absolute atomic E-state index is 11.9. The molecular formula is C12H14N6O2. The van der Waals surface area contributed by atoms with E-state index >= 15 is 0 Å². The summed E-state index contributed by atoms with van der Waals surface area (Å²) in [4.78, 5) is 31.5. The van der Waals surface area contributed by atoms with Gasteiger partial charge in [-0.3, -0.25) is 19.7 Å². The van der Waals surface area contributed by atoms with Crippen molar-refractivity contribution in [1.29, 1.82) is 0 Å². The Kier molecular flexibility index (Phi) is 4.04. The second-order valence-corrected chi connectivity index (χ2v) is 4.32. The number of nitrogens with one attached hydrogen (secondary N) is 3. The van der Waals surface area contributed by atoms with Gasteiger partial charge in [-0.05, 0) is 13.8 Å². The first-order valence-electron chi connectivity index (χ1n) is 6.00. The first-order chi connectivity index (χ1) is 9.58. The summed E-state index contributed by atoms with van der Waals surface area (Å²) in [5.41, 5.74) is 0.568. The van der Waals surface area contributed by atoms with Gasteiger partial charge in [0.25, 0.3) is 11.8 Å². The van der Waals surface area contributed by atoms with E-state index in [1.165, 1.54) is 24.8 Å². The SMILES string of the molecule is CC(C)NC(=O)c1n[nH]cc1NC(=O)c1cnccn1. The number of carbonyl (C=O) groups excluding carboxylic acids is 2. The molecule has 104 valence electrons. The van der Waals surface area contributed by atoms with Crippen molar-refractivity contribution in [1.82, 2.24) is 25.5 Å². The molecule has 2 amide bonds. The summed E-state index contributed by atoms with van der Waals surface area (Å²) < 4.78 is 0. The van der Waals surface area contributed by atoms with Crippen molar-refractivity contribution in [3.63, 3.8) is 0 Å². The van der Waals surface area contributed by atoms with Crippen molar-refractivity contribution < 1.29 is 9.59 Å². The Labute approximate surface area is 115 Å². The average Bonchev–Trinajstić information content (AvgIpc) is 2.87. The summed E-state index contributed by atoms with van der Waals surface area (Å²) in [7, 11) is 0. The van der Waals surface area contributed by atoms with E-state index in [1.807, 2.05) is 13.8 Å². The molecule has 8 nitrogen and oxygen atoms in total. The van der Waals surface area contributed by atoms with Gasteiger partial charge in [-0.15, -0.1) is 0 Å². The normalized spacial score (nSPS) is 10.3. The van der Waals surface area contributed by atoms with E-state index < -0.39 is 5.91 Å². The van der Waals surface area contributed by atoms with E-state index in [9.17, 15) is 9.59 Å². The van der Waals surface area contributed by atoms with E-state index in [2.05, 4.69) is 30.8 Å². The molecule has 0 saturated heterocycles. The van der Waals surface area contributed by atoms with Gasteiger partial charge >= 0.3 is 0 Å². The Balaban J connectivity index is 2.13. The molecule has 20 heavy (non-hydrogen) atoms. The lowest BCUT2D eigenvalue weighted by atomic mass is 10.3. The van der Waals surface area contributed by atoms with Gasteiger partial charge in [0.15, 0.2) is 5.69 Å². The largest absolute Gasteiger partial charge is 0.348 e. The van der Waals surface area contributed by atoms with Gasteiger partial charge in [0.05, 0.1) is 11.9 Å². The number of aromatic nitrogens is 4. The highest BCUT2D eigenvalue weighted by molar-refractivity contribution is 6.07. The maximum atomic E-state index is 11.9. The Morgan fingerprint density at radius 2 is 2.05 bits per heavy atom. The van der Waals surface area contributed by atoms with Crippen molar-refractivity contribution in [2.75, 3.05) is 5.32 Å². The van der Waals surface area contributed by atoms with Crippen molar-refractivity contribution in [3.05, 3.63) is 36.2 Å². The molecule has 0 fully saturated rings. The van der Waals surface area contributed by atoms with Crippen LogP contribution in [0.25, 0.3) is 0 Å². The number of nitrogens with zero attached hydrogens (tertiary/aromatic N) is 3. The Bertz CT molecular complexity index is 607. The number of anilines is 1. The number of hydrogen-bond donors (Lipinski definition) is 3. The first kappa shape index (κ1) is 13.7. The number of hydrogen-bond acceptors (Lipinski definition) is 5. The highest BCUT2D eigenvalue weighted by atomic mass is 16.2. The summed E-state index contributed by atoms with van der Waals surface area (Å²) in [6.45, 7) is 3.67. The van der Waals surface area contributed by atoms with Gasteiger partial charge in [0.1, 0.15) is 5.69 Å². The van der Waals surface area contributed by atoms with Gasteiger partial charge in [-0.25, -0.2) is 4.98 Å². The minimum absolute atomic E-state index is 0.0252. The molecule has 0 aliphatic rings.